The minimum atomic E-state index is -3.28. The minimum Gasteiger partial charge on any atom is -0.479 e. The molecule has 1 aromatic carbocycles. The highest BCUT2D eigenvalue weighted by molar-refractivity contribution is 5.79. The molecule has 0 amide bonds. The molecule has 0 radical (unpaired) electrons. The molecule has 0 unspecified atom stereocenters. The Bertz CT molecular complexity index is 494. The van der Waals surface area contributed by atoms with Crippen molar-refractivity contribution in [3.8, 4) is 0 Å². The number of benzene rings is 1. The van der Waals surface area contributed by atoms with Crippen LogP contribution in [0.25, 0.3) is 0 Å². The lowest BCUT2D eigenvalue weighted by molar-refractivity contribution is -0.146. The monoisotopic (exact) mass is 269 g/mol. The molecule has 0 aliphatic heterocycles. The molecule has 1 atom stereocenters. The molecule has 19 heavy (non-hydrogen) atoms. The van der Waals surface area contributed by atoms with Crippen LogP contribution >= 0.6 is 0 Å². The first kappa shape index (κ1) is 15.0. The third kappa shape index (κ3) is 4.26. The predicted octanol–water partition coefficient (Wildman–Crippen LogP) is 2.43. The average Bonchev–Trinajstić information content (AvgIpc) is 2.28. The van der Waals surface area contributed by atoms with E-state index in [4.69, 9.17) is 5.11 Å². The van der Waals surface area contributed by atoms with Crippen LogP contribution < -0.4 is 0 Å². The summed E-state index contributed by atoms with van der Waals surface area (Å²) < 4.78 is 27.7. The number of nitrogens with zero attached hydrogens (tertiary/aromatic N) is 1. The van der Waals surface area contributed by atoms with Crippen molar-refractivity contribution in [1.82, 2.24) is 0 Å². The topological polar surface area (TPSA) is 66.7 Å². The molecular formula is C13H13F2NO3. The van der Waals surface area contributed by atoms with Crippen LogP contribution in [-0.4, -0.2) is 28.6 Å². The lowest BCUT2D eigenvalue weighted by atomic mass is 9.91. The maximum atomic E-state index is 13.8. The Labute approximate surface area is 108 Å². The van der Waals surface area contributed by atoms with Gasteiger partial charge in [-0.25, -0.2) is 18.4 Å². The smallest absolute Gasteiger partial charge is 0.332 e. The maximum Gasteiger partial charge on any atom is 0.332 e. The summed E-state index contributed by atoms with van der Waals surface area (Å²) in [6, 6.07) is 7.97. The maximum absolute atomic E-state index is 13.8. The van der Waals surface area contributed by atoms with E-state index in [9.17, 15) is 18.4 Å². The van der Waals surface area contributed by atoms with E-state index in [0.29, 0.717) is 5.56 Å². The molecule has 0 spiro atoms. The lowest BCUT2D eigenvalue weighted by Gasteiger charge is -2.24. The van der Waals surface area contributed by atoms with Gasteiger partial charge in [-0.3, -0.25) is 0 Å². The second-order valence-corrected chi connectivity index (χ2v) is 4.48. The van der Waals surface area contributed by atoms with Crippen molar-refractivity contribution in [2.24, 2.45) is 4.99 Å². The molecule has 1 N–H and O–H groups in total. The molecule has 0 aliphatic rings. The van der Waals surface area contributed by atoms with Gasteiger partial charge in [0.25, 0.3) is 5.92 Å². The number of halogens is 2. The lowest BCUT2D eigenvalue weighted by Crippen LogP contribution is -2.40. The fourth-order valence-corrected chi connectivity index (χ4v) is 1.72. The fraction of sp³-hybridized carbons (Fsp3) is 0.385. The van der Waals surface area contributed by atoms with E-state index < -0.39 is 30.3 Å². The molecule has 6 heteroatoms. The summed E-state index contributed by atoms with van der Waals surface area (Å²) in [4.78, 5) is 24.1. The molecule has 0 saturated carbocycles. The Morgan fingerprint density at radius 1 is 1.37 bits per heavy atom. The molecule has 4 nitrogen and oxygen atoms in total. The standard InChI is InChI=1S/C13H13F2NO3/c1-12(11(18)19,16-9-17)8-13(14,15)7-10-5-3-2-4-6-10/h2-6H,7-8H2,1H3,(H,18,19)/t12-/m0/s1. The van der Waals surface area contributed by atoms with Crippen LogP contribution in [0, 0.1) is 0 Å². The Hall–Kier alpha value is -2.07. The molecule has 0 fully saturated rings. The molecule has 1 aromatic rings. The molecule has 0 aliphatic carbocycles. The molecule has 0 heterocycles. The summed E-state index contributed by atoms with van der Waals surface area (Å²) >= 11 is 0. The van der Waals surface area contributed by atoms with Gasteiger partial charge in [0.1, 0.15) is 0 Å². The molecular weight excluding hydrogens is 256 g/mol. The Kier molecular flexibility index (Phi) is 4.51. The molecule has 102 valence electrons. The number of carboxylic acid groups (broad SMARTS) is 1. The van der Waals surface area contributed by atoms with Crippen LogP contribution in [0.15, 0.2) is 35.3 Å². The van der Waals surface area contributed by atoms with E-state index in [1.54, 1.807) is 18.2 Å². The summed E-state index contributed by atoms with van der Waals surface area (Å²) in [5.41, 5.74) is -1.78. The average molecular weight is 269 g/mol. The highest BCUT2D eigenvalue weighted by Gasteiger charge is 2.44. The van der Waals surface area contributed by atoms with E-state index in [2.05, 4.69) is 4.99 Å². The molecule has 0 aromatic heterocycles. The number of carbonyl (C=O) groups is 1. The van der Waals surface area contributed by atoms with Crippen molar-refractivity contribution in [3.63, 3.8) is 0 Å². The summed E-state index contributed by atoms with van der Waals surface area (Å²) in [5, 5.41) is 8.89. The van der Waals surface area contributed by atoms with E-state index in [1.807, 2.05) is 0 Å². The Balaban J connectivity index is 2.89. The number of carboxylic acids is 1. The first-order valence-electron chi connectivity index (χ1n) is 5.53. The van der Waals surface area contributed by atoms with Crippen LogP contribution in [0.2, 0.25) is 0 Å². The second kappa shape index (κ2) is 5.71. The number of isocyanates is 1. The predicted molar refractivity (Wildman–Crippen MR) is 63.9 cm³/mol. The summed E-state index contributed by atoms with van der Waals surface area (Å²) in [5.74, 6) is -4.86. The van der Waals surface area contributed by atoms with Gasteiger partial charge >= 0.3 is 5.97 Å². The molecule has 0 bridgehead atoms. The third-order valence-electron chi connectivity index (χ3n) is 2.66. The number of carbonyl (C=O) groups excluding carboxylic acids is 1. The zero-order chi connectivity index (χ0) is 14.5. The zero-order valence-electron chi connectivity index (χ0n) is 10.3. The zero-order valence-corrected chi connectivity index (χ0v) is 10.3. The van der Waals surface area contributed by atoms with Gasteiger partial charge < -0.3 is 5.11 Å². The SMILES string of the molecule is C[C@@](CC(F)(F)Cc1ccccc1)(N=C=O)C(=O)O. The Morgan fingerprint density at radius 3 is 2.42 bits per heavy atom. The van der Waals surface area contributed by atoms with Crippen molar-refractivity contribution in [2.75, 3.05) is 0 Å². The van der Waals surface area contributed by atoms with Crippen molar-refractivity contribution in [3.05, 3.63) is 35.9 Å². The third-order valence-corrected chi connectivity index (χ3v) is 2.66. The van der Waals surface area contributed by atoms with Gasteiger partial charge in [-0.15, -0.1) is 0 Å². The van der Waals surface area contributed by atoms with Crippen LogP contribution in [0.4, 0.5) is 8.78 Å². The first-order valence-corrected chi connectivity index (χ1v) is 5.53. The number of aliphatic carboxylic acids is 1. The van der Waals surface area contributed by atoms with E-state index in [1.165, 1.54) is 12.1 Å². The first-order chi connectivity index (χ1) is 8.79. The van der Waals surface area contributed by atoms with Gasteiger partial charge in [0.2, 0.25) is 6.08 Å². The van der Waals surface area contributed by atoms with Crippen molar-refractivity contribution in [2.45, 2.75) is 31.2 Å². The van der Waals surface area contributed by atoms with Crippen LogP contribution in [0.3, 0.4) is 0 Å². The van der Waals surface area contributed by atoms with Gasteiger partial charge in [0.05, 0.1) is 0 Å². The Morgan fingerprint density at radius 2 is 1.95 bits per heavy atom. The second-order valence-electron chi connectivity index (χ2n) is 4.48. The number of rotatable bonds is 6. The summed E-state index contributed by atoms with van der Waals surface area (Å²) in [7, 11) is 0. The minimum absolute atomic E-state index is 0.385. The molecule has 0 saturated heterocycles. The van der Waals surface area contributed by atoms with E-state index in [0.717, 1.165) is 13.0 Å². The van der Waals surface area contributed by atoms with E-state index in [-0.39, 0.29) is 0 Å². The number of hydrogen-bond donors (Lipinski definition) is 1. The van der Waals surface area contributed by atoms with Gasteiger partial charge in [-0.05, 0) is 12.5 Å². The van der Waals surface area contributed by atoms with Crippen molar-refractivity contribution >= 4 is 12.0 Å². The van der Waals surface area contributed by atoms with Gasteiger partial charge in [-0.1, -0.05) is 30.3 Å². The number of aliphatic imine (C=N–C) groups is 1. The summed E-state index contributed by atoms with van der Waals surface area (Å²) in [6.45, 7) is 0.971. The quantitative estimate of drug-likeness (QED) is 0.637. The van der Waals surface area contributed by atoms with Crippen LogP contribution in [0.1, 0.15) is 18.9 Å². The normalized spacial score (nSPS) is 14.3. The van der Waals surface area contributed by atoms with Gasteiger partial charge in [-0.2, -0.15) is 4.99 Å². The number of alkyl halides is 2. The highest BCUT2D eigenvalue weighted by Crippen LogP contribution is 2.32. The molecule has 1 rings (SSSR count). The van der Waals surface area contributed by atoms with Gasteiger partial charge in [0.15, 0.2) is 5.54 Å². The summed E-state index contributed by atoms with van der Waals surface area (Å²) in [6.07, 6.45) is -0.625. The largest absolute Gasteiger partial charge is 0.479 e. The highest BCUT2D eigenvalue weighted by atomic mass is 19.3. The van der Waals surface area contributed by atoms with Crippen LogP contribution in [0.5, 0.6) is 0 Å². The number of hydrogen-bond acceptors (Lipinski definition) is 3. The van der Waals surface area contributed by atoms with Crippen molar-refractivity contribution < 1.29 is 23.5 Å². The van der Waals surface area contributed by atoms with Crippen LogP contribution in [-0.2, 0) is 16.0 Å². The van der Waals surface area contributed by atoms with Crippen molar-refractivity contribution in [1.29, 1.82) is 0 Å². The van der Waals surface area contributed by atoms with Gasteiger partial charge in [0, 0.05) is 12.8 Å². The van der Waals surface area contributed by atoms with E-state index >= 15 is 0 Å². The fourth-order valence-electron chi connectivity index (χ4n) is 1.72.